The number of thiazole rings is 1. The number of benzene rings is 1. The fraction of sp³-hybridized carbons (Fsp3) is 0.250. The lowest BCUT2D eigenvalue weighted by Crippen LogP contribution is -2.58. The van der Waals surface area contributed by atoms with Crippen LogP contribution in [0, 0.1) is 5.92 Å². The first-order valence-electron chi connectivity index (χ1n) is 8.61. The average molecular weight is 380 g/mol. The van der Waals surface area contributed by atoms with E-state index >= 15 is 0 Å². The molecule has 136 valence electrons. The van der Waals surface area contributed by atoms with Gasteiger partial charge in [0.15, 0.2) is 4.80 Å². The molecule has 0 saturated heterocycles. The Morgan fingerprint density at radius 3 is 2.89 bits per heavy atom. The number of fused-ring (bicyclic) bond motifs is 6. The van der Waals surface area contributed by atoms with Gasteiger partial charge in [-0.1, -0.05) is 29.5 Å². The van der Waals surface area contributed by atoms with Gasteiger partial charge in [-0.2, -0.15) is 0 Å². The van der Waals surface area contributed by atoms with Crippen LogP contribution in [0.15, 0.2) is 57.1 Å². The molecule has 0 amide bonds. The summed E-state index contributed by atoms with van der Waals surface area (Å²) in [6.07, 6.45) is 4.92. The number of Topliss-reactive ketones (excluding diaryl/α,β-unsaturated/α-hetero) is 1. The molecule has 6 nitrogen and oxygen atoms in total. The maximum Gasteiger partial charge on any atom is 0.270 e. The highest BCUT2D eigenvalue weighted by Crippen LogP contribution is 2.47. The van der Waals surface area contributed by atoms with Gasteiger partial charge in [-0.3, -0.25) is 14.2 Å². The Bertz CT molecular complexity index is 1240. The molecule has 2 aliphatic rings. The molecule has 2 aromatic heterocycles. The van der Waals surface area contributed by atoms with E-state index in [-0.39, 0.29) is 11.3 Å². The Morgan fingerprint density at radius 1 is 1.33 bits per heavy atom. The lowest BCUT2D eigenvalue weighted by molar-refractivity contribution is -0.132. The minimum atomic E-state index is -1.03. The zero-order valence-electron chi connectivity index (χ0n) is 14.7. The number of furan rings is 1. The molecule has 0 aliphatic carbocycles. The van der Waals surface area contributed by atoms with Crippen LogP contribution < -0.4 is 19.6 Å². The number of aromatic nitrogens is 1. The predicted molar refractivity (Wildman–Crippen MR) is 99.4 cm³/mol. The normalized spacial score (nSPS) is 25.9. The van der Waals surface area contributed by atoms with E-state index in [1.165, 1.54) is 18.3 Å². The standard InChI is InChI=1S/C20H16N2O4S/c1-11(23)16-17-13-5-3-4-6-14(13)26-20(16,2)21-19-22(17)18(24)15(27-19)9-12-7-8-25-10-12/h3-10,16-17H,1-2H3/b15-9-. The van der Waals surface area contributed by atoms with Gasteiger partial charge in [-0.05, 0) is 32.1 Å². The number of ketones is 1. The van der Waals surface area contributed by atoms with Gasteiger partial charge in [0.1, 0.15) is 17.5 Å². The topological polar surface area (TPSA) is 73.8 Å². The van der Waals surface area contributed by atoms with Gasteiger partial charge in [0.25, 0.3) is 5.56 Å². The van der Waals surface area contributed by atoms with Crippen LogP contribution >= 0.6 is 11.3 Å². The molecule has 1 aromatic carbocycles. The van der Waals surface area contributed by atoms with Crippen molar-refractivity contribution in [3.05, 3.63) is 73.7 Å². The number of rotatable bonds is 2. The van der Waals surface area contributed by atoms with Crippen LogP contribution in [-0.4, -0.2) is 16.1 Å². The zero-order valence-corrected chi connectivity index (χ0v) is 15.5. The molecule has 5 rings (SSSR count). The zero-order chi connectivity index (χ0) is 18.8. The van der Waals surface area contributed by atoms with E-state index in [1.54, 1.807) is 29.2 Å². The van der Waals surface area contributed by atoms with Crippen LogP contribution in [0.25, 0.3) is 6.08 Å². The lowest BCUT2D eigenvalue weighted by Gasteiger charge is -2.45. The van der Waals surface area contributed by atoms with Crippen molar-refractivity contribution < 1.29 is 13.9 Å². The van der Waals surface area contributed by atoms with Gasteiger partial charge in [-0.25, -0.2) is 4.99 Å². The van der Waals surface area contributed by atoms with Crippen molar-refractivity contribution in [3.63, 3.8) is 0 Å². The minimum absolute atomic E-state index is 0.0510. The number of ether oxygens (including phenoxy) is 1. The van der Waals surface area contributed by atoms with E-state index in [9.17, 15) is 9.59 Å². The summed E-state index contributed by atoms with van der Waals surface area (Å²) in [6, 6.07) is 8.89. The molecule has 3 aromatic rings. The largest absolute Gasteiger partial charge is 0.472 e. The van der Waals surface area contributed by atoms with Gasteiger partial charge in [-0.15, -0.1) is 0 Å². The highest BCUT2D eigenvalue weighted by Gasteiger charge is 2.53. The summed E-state index contributed by atoms with van der Waals surface area (Å²) in [5.74, 6) is 0.0502. The Morgan fingerprint density at radius 2 is 2.15 bits per heavy atom. The first kappa shape index (κ1) is 16.3. The third-order valence-corrected chi connectivity index (χ3v) is 6.14. The molecule has 3 atom stereocenters. The molecule has 7 heteroatoms. The van der Waals surface area contributed by atoms with E-state index in [4.69, 9.17) is 14.1 Å². The van der Waals surface area contributed by atoms with Crippen LogP contribution in [0.2, 0.25) is 0 Å². The Hall–Kier alpha value is -2.93. The predicted octanol–water partition coefficient (Wildman–Crippen LogP) is 1.87. The highest BCUT2D eigenvalue weighted by molar-refractivity contribution is 7.07. The average Bonchev–Trinajstić information content (AvgIpc) is 3.22. The van der Waals surface area contributed by atoms with Gasteiger partial charge >= 0.3 is 0 Å². The van der Waals surface area contributed by atoms with Crippen molar-refractivity contribution in [1.82, 2.24) is 4.57 Å². The molecule has 27 heavy (non-hydrogen) atoms. The van der Waals surface area contributed by atoms with Gasteiger partial charge < -0.3 is 9.15 Å². The molecule has 0 saturated carbocycles. The van der Waals surface area contributed by atoms with E-state index in [0.717, 1.165) is 11.1 Å². The van der Waals surface area contributed by atoms with Crippen molar-refractivity contribution in [2.45, 2.75) is 25.6 Å². The number of nitrogens with zero attached hydrogens (tertiary/aromatic N) is 2. The monoisotopic (exact) mass is 380 g/mol. The van der Waals surface area contributed by atoms with Crippen LogP contribution in [0.1, 0.15) is 31.0 Å². The number of hydrogen-bond donors (Lipinski definition) is 0. The van der Waals surface area contributed by atoms with E-state index in [1.807, 2.05) is 31.2 Å². The maximum atomic E-state index is 13.2. The Balaban J connectivity index is 1.85. The first-order chi connectivity index (χ1) is 13.0. The second kappa shape index (κ2) is 5.53. The molecule has 0 N–H and O–H groups in total. The van der Waals surface area contributed by atoms with E-state index in [0.29, 0.717) is 15.1 Å². The summed E-state index contributed by atoms with van der Waals surface area (Å²) in [6.45, 7) is 3.35. The van der Waals surface area contributed by atoms with Gasteiger partial charge in [0, 0.05) is 11.1 Å². The lowest BCUT2D eigenvalue weighted by atomic mass is 9.79. The Labute approximate surface area is 158 Å². The quantitative estimate of drug-likeness (QED) is 0.680. The van der Waals surface area contributed by atoms with Crippen LogP contribution in [0.5, 0.6) is 5.75 Å². The van der Waals surface area contributed by atoms with Crippen molar-refractivity contribution in [2.75, 3.05) is 0 Å². The number of carbonyl (C=O) groups excluding carboxylic acids is 1. The molecule has 0 spiro atoms. The third-order valence-electron chi connectivity index (χ3n) is 5.16. The fourth-order valence-electron chi connectivity index (χ4n) is 4.06. The molecule has 2 bridgehead atoms. The highest BCUT2D eigenvalue weighted by atomic mass is 32.1. The number of carbonyl (C=O) groups is 1. The summed E-state index contributed by atoms with van der Waals surface area (Å²) >= 11 is 1.30. The molecule has 0 fully saturated rings. The van der Waals surface area contributed by atoms with Crippen LogP contribution in [0.4, 0.5) is 0 Å². The second-order valence-corrected chi connectivity index (χ2v) is 7.97. The molecule has 0 radical (unpaired) electrons. The summed E-state index contributed by atoms with van der Waals surface area (Å²) in [4.78, 5) is 31.0. The fourth-order valence-corrected chi connectivity index (χ4v) is 5.16. The van der Waals surface area contributed by atoms with E-state index < -0.39 is 17.7 Å². The third kappa shape index (κ3) is 2.28. The molecule has 4 heterocycles. The molecular weight excluding hydrogens is 364 g/mol. The SMILES string of the molecule is CC(=O)C1C2c3ccccc3OC1(C)N=c1s/c(=C\c3ccoc3)c(=O)n12. The van der Waals surface area contributed by atoms with E-state index in [2.05, 4.69) is 0 Å². The van der Waals surface area contributed by atoms with Crippen LogP contribution in [0.3, 0.4) is 0 Å². The molecule has 2 aliphatic heterocycles. The summed E-state index contributed by atoms with van der Waals surface area (Å²) < 4.78 is 13.4. The number of hydrogen-bond acceptors (Lipinski definition) is 6. The Kier molecular flexibility index (Phi) is 3.33. The smallest absolute Gasteiger partial charge is 0.270 e. The van der Waals surface area contributed by atoms with Crippen LogP contribution in [-0.2, 0) is 4.79 Å². The number of para-hydroxylation sites is 1. The van der Waals surface area contributed by atoms with Crippen molar-refractivity contribution in [2.24, 2.45) is 10.9 Å². The second-order valence-electron chi connectivity index (χ2n) is 6.96. The molecule has 3 unspecified atom stereocenters. The first-order valence-corrected chi connectivity index (χ1v) is 9.43. The summed E-state index contributed by atoms with van der Waals surface area (Å²) in [5.41, 5.74) is 0.450. The van der Waals surface area contributed by atoms with Crippen molar-refractivity contribution in [1.29, 1.82) is 0 Å². The maximum absolute atomic E-state index is 13.2. The van der Waals surface area contributed by atoms with Crippen molar-refractivity contribution in [3.8, 4) is 5.75 Å². The van der Waals surface area contributed by atoms with Gasteiger partial charge in [0.2, 0.25) is 5.72 Å². The summed E-state index contributed by atoms with van der Waals surface area (Å²) in [5, 5.41) is 0. The molecular formula is C20H16N2O4S. The van der Waals surface area contributed by atoms with Crippen molar-refractivity contribution >= 4 is 23.2 Å². The minimum Gasteiger partial charge on any atom is -0.472 e. The summed E-state index contributed by atoms with van der Waals surface area (Å²) in [7, 11) is 0. The van der Waals surface area contributed by atoms with Gasteiger partial charge in [0.05, 0.1) is 23.1 Å².